The van der Waals surface area contributed by atoms with Gasteiger partial charge in [0.25, 0.3) is 0 Å². The van der Waals surface area contributed by atoms with Crippen molar-refractivity contribution in [2.24, 2.45) is 0 Å². The highest BCUT2D eigenvalue weighted by atomic mass is 79.9. The Morgan fingerprint density at radius 1 is 1.40 bits per heavy atom. The average Bonchev–Trinajstić information content (AvgIpc) is 2.84. The third-order valence-electron chi connectivity index (χ3n) is 2.62. The van der Waals surface area contributed by atoms with E-state index in [1.807, 2.05) is 0 Å². The summed E-state index contributed by atoms with van der Waals surface area (Å²) in [5.41, 5.74) is 0. The number of nitrogens with one attached hydrogen (secondary N) is 2. The molecule has 112 valence electrons. The predicted octanol–water partition coefficient (Wildman–Crippen LogP) is 2.12. The largest absolute Gasteiger partial charge is 0.336 e. The molecule has 2 heterocycles. The molecule has 0 radical (unpaired) electrons. The second-order valence-electron chi connectivity index (χ2n) is 3.91. The van der Waals surface area contributed by atoms with Crippen LogP contribution in [0.5, 0.6) is 0 Å². The molecular weight excluding hydrogens is 413 g/mol. The van der Waals surface area contributed by atoms with Gasteiger partial charge >= 0.3 is 6.03 Å². The van der Waals surface area contributed by atoms with Crippen molar-refractivity contribution in [2.45, 2.75) is 4.90 Å². The molecule has 0 aliphatic carbocycles. The van der Waals surface area contributed by atoms with Gasteiger partial charge in [0.1, 0.15) is 13.6 Å². The van der Waals surface area contributed by atoms with Gasteiger partial charge in [-0.25, -0.2) is 17.9 Å². The average molecular weight is 423 g/mol. The predicted molar refractivity (Wildman–Crippen MR) is 82.2 cm³/mol. The SMILES string of the molecule is O=C1NCCN1CCNS(=O)(=O)c1c(Cl)sc(Cl)c1Br. The first-order valence-corrected chi connectivity index (χ1v) is 9.33. The second-order valence-corrected chi connectivity index (χ2v) is 8.63. The van der Waals surface area contributed by atoms with Gasteiger partial charge in [0.05, 0.1) is 4.47 Å². The Morgan fingerprint density at radius 2 is 2.10 bits per heavy atom. The van der Waals surface area contributed by atoms with Crippen molar-refractivity contribution in [1.82, 2.24) is 14.9 Å². The van der Waals surface area contributed by atoms with Gasteiger partial charge in [0.2, 0.25) is 10.0 Å². The van der Waals surface area contributed by atoms with Gasteiger partial charge < -0.3 is 10.2 Å². The highest BCUT2D eigenvalue weighted by Gasteiger charge is 2.26. The standard InChI is InChI=1S/C9H10BrCl2N3O3S2/c10-5-6(8(12)19-7(5)11)20(17,18)14-2-4-15-3-1-13-9(15)16/h14H,1-4H2,(H,13,16). The van der Waals surface area contributed by atoms with Crippen LogP contribution in [-0.2, 0) is 10.0 Å². The van der Waals surface area contributed by atoms with E-state index in [2.05, 4.69) is 26.0 Å². The summed E-state index contributed by atoms with van der Waals surface area (Å²) in [4.78, 5) is 12.8. The Hall–Kier alpha value is -0.0600. The molecule has 1 aliphatic heterocycles. The zero-order valence-electron chi connectivity index (χ0n) is 9.95. The molecule has 0 bridgehead atoms. The highest BCUT2D eigenvalue weighted by molar-refractivity contribution is 9.10. The molecule has 1 saturated heterocycles. The van der Waals surface area contributed by atoms with E-state index in [-0.39, 0.29) is 37.2 Å². The van der Waals surface area contributed by atoms with Crippen molar-refractivity contribution in [3.63, 3.8) is 0 Å². The fraction of sp³-hybridized carbons (Fsp3) is 0.444. The Morgan fingerprint density at radius 3 is 2.60 bits per heavy atom. The maximum Gasteiger partial charge on any atom is 0.317 e. The van der Waals surface area contributed by atoms with Crippen LogP contribution in [0.25, 0.3) is 0 Å². The number of hydrogen-bond donors (Lipinski definition) is 2. The summed E-state index contributed by atoms with van der Waals surface area (Å²) in [5, 5.41) is 2.64. The van der Waals surface area contributed by atoms with E-state index in [1.165, 1.54) is 4.90 Å². The first-order chi connectivity index (χ1) is 9.33. The van der Waals surface area contributed by atoms with Crippen molar-refractivity contribution in [2.75, 3.05) is 26.2 Å². The molecule has 0 atom stereocenters. The molecule has 11 heteroatoms. The smallest absolute Gasteiger partial charge is 0.317 e. The fourth-order valence-corrected chi connectivity index (χ4v) is 6.25. The van der Waals surface area contributed by atoms with Crippen molar-refractivity contribution in [3.8, 4) is 0 Å². The van der Waals surface area contributed by atoms with E-state index >= 15 is 0 Å². The molecule has 0 spiro atoms. The van der Waals surface area contributed by atoms with Gasteiger partial charge in [-0.2, -0.15) is 0 Å². The van der Waals surface area contributed by atoms with Crippen LogP contribution < -0.4 is 10.0 Å². The number of rotatable bonds is 5. The number of nitrogens with zero attached hydrogens (tertiary/aromatic N) is 1. The minimum Gasteiger partial charge on any atom is -0.336 e. The normalized spacial score (nSPS) is 15.8. The van der Waals surface area contributed by atoms with Crippen LogP contribution in [0.4, 0.5) is 4.79 Å². The van der Waals surface area contributed by atoms with Gasteiger partial charge in [-0.05, 0) is 15.9 Å². The van der Waals surface area contributed by atoms with Gasteiger partial charge in [-0.3, -0.25) is 0 Å². The van der Waals surface area contributed by atoms with Crippen LogP contribution in [0.2, 0.25) is 8.67 Å². The van der Waals surface area contributed by atoms with E-state index in [0.717, 1.165) is 11.3 Å². The molecule has 0 saturated carbocycles. The fourth-order valence-electron chi connectivity index (χ4n) is 1.68. The third-order valence-corrected chi connectivity index (χ3v) is 7.54. The molecule has 1 aromatic heterocycles. The van der Waals surface area contributed by atoms with Crippen molar-refractivity contribution in [1.29, 1.82) is 0 Å². The Labute approximate surface area is 138 Å². The van der Waals surface area contributed by atoms with E-state index < -0.39 is 10.0 Å². The van der Waals surface area contributed by atoms with Gasteiger partial charge in [0.15, 0.2) is 0 Å². The van der Waals surface area contributed by atoms with Crippen molar-refractivity contribution in [3.05, 3.63) is 13.1 Å². The van der Waals surface area contributed by atoms with Crippen LogP contribution in [0.15, 0.2) is 9.37 Å². The van der Waals surface area contributed by atoms with E-state index in [1.54, 1.807) is 0 Å². The highest BCUT2D eigenvalue weighted by Crippen LogP contribution is 2.42. The Balaban J connectivity index is 2.02. The zero-order valence-corrected chi connectivity index (χ0v) is 14.7. The maximum atomic E-state index is 12.1. The molecule has 2 rings (SSSR count). The first-order valence-electron chi connectivity index (χ1n) is 5.48. The number of urea groups is 1. The lowest BCUT2D eigenvalue weighted by Gasteiger charge is -2.14. The molecule has 1 fully saturated rings. The van der Waals surface area contributed by atoms with Gasteiger partial charge in [-0.15, -0.1) is 11.3 Å². The molecule has 2 N–H and O–H groups in total. The van der Waals surface area contributed by atoms with Gasteiger partial charge in [0, 0.05) is 26.2 Å². The summed E-state index contributed by atoms with van der Waals surface area (Å²) in [6, 6.07) is -0.193. The molecule has 20 heavy (non-hydrogen) atoms. The molecule has 2 amide bonds. The summed E-state index contributed by atoms with van der Waals surface area (Å²) < 4.78 is 27.3. The lowest BCUT2D eigenvalue weighted by molar-refractivity contribution is 0.218. The third kappa shape index (κ3) is 3.40. The van der Waals surface area contributed by atoms with Crippen molar-refractivity contribution < 1.29 is 13.2 Å². The molecule has 0 aromatic carbocycles. The zero-order chi connectivity index (χ0) is 14.9. The quantitative estimate of drug-likeness (QED) is 0.762. The molecule has 1 aromatic rings. The lowest BCUT2D eigenvalue weighted by Crippen LogP contribution is -2.36. The minimum absolute atomic E-state index is 0.0694. The summed E-state index contributed by atoms with van der Waals surface area (Å²) in [5.74, 6) is 0. The first kappa shape index (κ1) is 16.3. The topological polar surface area (TPSA) is 78.5 Å². The summed E-state index contributed by atoms with van der Waals surface area (Å²) in [7, 11) is -3.77. The number of carbonyl (C=O) groups excluding carboxylic acids is 1. The summed E-state index contributed by atoms with van der Waals surface area (Å²) in [6.45, 7) is 1.53. The summed E-state index contributed by atoms with van der Waals surface area (Å²) in [6.07, 6.45) is 0. The van der Waals surface area contributed by atoms with Crippen LogP contribution in [0.1, 0.15) is 0 Å². The van der Waals surface area contributed by atoms with Crippen LogP contribution in [-0.4, -0.2) is 45.5 Å². The minimum atomic E-state index is -3.77. The lowest BCUT2D eigenvalue weighted by atomic mass is 10.5. The number of sulfonamides is 1. The maximum absolute atomic E-state index is 12.1. The number of carbonyl (C=O) groups is 1. The van der Waals surface area contributed by atoms with Crippen LogP contribution >= 0.6 is 50.5 Å². The van der Waals surface area contributed by atoms with Gasteiger partial charge in [-0.1, -0.05) is 23.2 Å². The summed E-state index contributed by atoms with van der Waals surface area (Å²) >= 11 is 15.8. The number of hydrogen-bond acceptors (Lipinski definition) is 4. The van der Waals surface area contributed by atoms with E-state index in [0.29, 0.717) is 13.1 Å². The van der Waals surface area contributed by atoms with Crippen LogP contribution in [0, 0.1) is 0 Å². The van der Waals surface area contributed by atoms with E-state index in [9.17, 15) is 13.2 Å². The van der Waals surface area contributed by atoms with E-state index in [4.69, 9.17) is 23.2 Å². The molecular formula is C9H10BrCl2N3O3S2. The number of amides is 2. The second kappa shape index (κ2) is 6.37. The van der Waals surface area contributed by atoms with Crippen LogP contribution in [0.3, 0.4) is 0 Å². The Kier molecular flexibility index (Phi) is 5.19. The monoisotopic (exact) mass is 421 g/mol. The molecule has 6 nitrogen and oxygen atoms in total. The molecule has 0 unspecified atom stereocenters. The van der Waals surface area contributed by atoms with Crippen molar-refractivity contribution >= 4 is 66.5 Å². The number of thiophene rings is 1. The molecule has 1 aliphatic rings. The Bertz CT molecular complexity index is 635. The number of halogens is 3.